The maximum Gasteiger partial charge on any atom is 0.147 e. The van der Waals surface area contributed by atoms with E-state index in [9.17, 15) is 4.79 Å². The quantitative estimate of drug-likeness (QED) is 0.748. The van der Waals surface area contributed by atoms with Gasteiger partial charge in [0.2, 0.25) is 0 Å². The highest BCUT2D eigenvalue weighted by atomic mass is 32.2. The Labute approximate surface area is 111 Å². The van der Waals surface area contributed by atoms with Gasteiger partial charge in [-0.25, -0.2) is 0 Å². The zero-order chi connectivity index (χ0) is 12.4. The highest BCUT2D eigenvalue weighted by molar-refractivity contribution is 8.00. The Balaban J connectivity index is 2.07. The second kappa shape index (κ2) is 4.83. The lowest BCUT2D eigenvalue weighted by atomic mass is 10.0. The minimum absolute atomic E-state index is 0.110. The Kier molecular flexibility index (Phi) is 3.03. The maximum absolute atomic E-state index is 11.3. The van der Waals surface area contributed by atoms with Crippen LogP contribution in [0.4, 0.5) is 0 Å². The first-order valence-electron chi connectivity index (χ1n) is 5.86. The molecule has 0 bridgehead atoms. The summed E-state index contributed by atoms with van der Waals surface area (Å²) in [5.41, 5.74) is 3.15. The lowest BCUT2D eigenvalue weighted by molar-refractivity contribution is -0.104. The van der Waals surface area contributed by atoms with Gasteiger partial charge in [-0.15, -0.1) is 11.8 Å². The number of carbonyl (C=O) groups excluding carboxylic acids is 1. The van der Waals surface area contributed by atoms with Gasteiger partial charge in [0, 0.05) is 10.5 Å². The first-order chi connectivity index (χ1) is 8.88. The molecular formula is C16H12OS. The molecule has 2 aromatic carbocycles. The number of carbonyl (C=O) groups is 1. The van der Waals surface area contributed by atoms with Crippen LogP contribution in [-0.2, 0) is 4.79 Å². The van der Waals surface area contributed by atoms with Gasteiger partial charge in [-0.05, 0) is 23.3 Å². The Bertz CT molecular complexity index is 602. The van der Waals surface area contributed by atoms with Crippen molar-refractivity contribution in [1.82, 2.24) is 0 Å². The summed E-state index contributed by atoms with van der Waals surface area (Å²) in [7, 11) is 0. The van der Waals surface area contributed by atoms with Crippen LogP contribution in [-0.4, -0.2) is 6.29 Å². The summed E-state index contributed by atoms with van der Waals surface area (Å²) >= 11 is 1.74. The molecule has 1 aliphatic rings. The van der Waals surface area contributed by atoms with Crippen molar-refractivity contribution >= 4 is 24.1 Å². The average molecular weight is 252 g/mol. The Morgan fingerprint density at radius 1 is 0.944 bits per heavy atom. The number of thioether (sulfide) groups is 1. The number of hydrogen-bond acceptors (Lipinski definition) is 2. The summed E-state index contributed by atoms with van der Waals surface area (Å²) in [6.07, 6.45) is 2.97. The van der Waals surface area contributed by atoms with E-state index >= 15 is 0 Å². The molecule has 1 aliphatic heterocycles. The summed E-state index contributed by atoms with van der Waals surface area (Å²) in [6, 6.07) is 18.4. The molecular weight excluding hydrogens is 240 g/mol. The Hall–Kier alpha value is -1.80. The van der Waals surface area contributed by atoms with Gasteiger partial charge in [0.25, 0.3) is 0 Å². The largest absolute Gasteiger partial charge is 0.298 e. The van der Waals surface area contributed by atoms with Crippen molar-refractivity contribution < 1.29 is 4.79 Å². The Morgan fingerprint density at radius 2 is 1.67 bits per heavy atom. The van der Waals surface area contributed by atoms with Gasteiger partial charge < -0.3 is 0 Å². The second-order valence-electron chi connectivity index (χ2n) is 4.21. The van der Waals surface area contributed by atoms with Crippen LogP contribution in [0.15, 0.2) is 65.1 Å². The van der Waals surface area contributed by atoms with Gasteiger partial charge in [-0.1, -0.05) is 48.5 Å². The molecule has 0 saturated heterocycles. The summed E-state index contributed by atoms with van der Waals surface area (Å²) in [5, 5.41) is 0.110. The zero-order valence-corrected chi connectivity index (χ0v) is 10.6. The van der Waals surface area contributed by atoms with Gasteiger partial charge in [-0.2, -0.15) is 0 Å². The molecule has 2 heteroatoms. The third kappa shape index (κ3) is 2.00. The fraction of sp³-hybridized carbons (Fsp3) is 0.0625. The van der Waals surface area contributed by atoms with Crippen molar-refractivity contribution in [3.05, 3.63) is 71.3 Å². The van der Waals surface area contributed by atoms with E-state index in [0.29, 0.717) is 0 Å². The number of hydrogen-bond donors (Lipinski definition) is 0. The van der Waals surface area contributed by atoms with Crippen molar-refractivity contribution in [3.8, 4) is 0 Å². The van der Waals surface area contributed by atoms with Crippen LogP contribution in [0.3, 0.4) is 0 Å². The van der Waals surface area contributed by atoms with E-state index in [0.717, 1.165) is 17.4 Å². The van der Waals surface area contributed by atoms with Crippen molar-refractivity contribution in [1.29, 1.82) is 0 Å². The summed E-state index contributed by atoms with van der Waals surface area (Å²) in [4.78, 5) is 12.5. The van der Waals surface area contributed by atoms with E-state index in [-0.39, 0.29) is 5.25 Å². The monoisotopic (exact) mass is 252 g/mol. The molecule has 1 unspecified atom stereocenters. The van der Waals surface area contributed by atoms with Crippen molar-refractivity contribution in [3.63, 3.8) is 0 Å². The van der Waals surface area contributed by atoms with E-state index in [1.165, 1.54) is 10.5 Å². The minimum atomic E-state index is 0.110. The molecule has 0 fully saturated rings. The van der Waals surface area contributed by atoms with Crippen LogP contribution in [0.25, 0.3) is 6.08 Å². The number of benzene rings is 2. The van der Waals surface area contributed by atoms with Crippen LogP contribution in [0.5, 0.6) is 0 Å². The zero-order valence-electron chi connectivity index (χ0n) is 9.74. The van der Waals surface area contributed by atoms with Gasteiger partial charge in [0.05, 0.1) is 5.25 Å². The summed E-state index contributed by atoms with van der Waals surface area (Å²) in [6.45, 7) is 0. The topological polar surface area (TPSA) is 17.1 Å². The second-order valence-corrected chi connectivity index (χ2v) is 5.36. The number of aldehydes is 1. The standard InChI is InChI=1S/C16H12OS/c17-11-14-10-13-8-4-5-9-15(13)18-16(14)12-6-2-1-3-7-12/h1-11,16H. The number of fused-ring (bicyclic) bond motifs is 1. The van der Waals surface area contributed by atoms with Gasteiger partial charge in [-0.3, -0.25) is 4.79 Å². The molecule has 0 aromatic heterocycles. The fourth-order valence-corrected chi connectivity index (χ4v) is 3.37. The SMILES string of the molecule is O=CC1=Cc2ccccc2SC1c1ccccc1. The van der Waals surface area contributed by atoms with Crippen LogP contribution < -0.4 is 0 Å². The molecule has 0 amide bonds. The molecule has 0 spiro atoms. The molecule has 1 heterocycles. The predicted molar refractivity (Wildman–Crippen MR) is 75.5 cm³/mol. The molecule has 2 aromatic rings. The van der Waals surface area contributed by atoms with Crippen molar-refractivity contribution in [2.75, 3.05) is 0 Å². The normalized spacial score (nSPS) is 17.8. The molecule has 18 heavy (non-hydrogen) atoms. The molecule has 0 saturated carbocycles. The minimum Gasteiger partial charge on any atom is -0.298 e. The molecule has 0 radical (unpaired) electrons. The molecule has 0 N–H and O–H groups in total. The highest BCUT2D eigenvalue weighted by Gasteiger charge is 2.22. The number of rotatable bonds is 2. The van der Waals surface area contributed by atoms with Gasteiger partial charge in [0.15, 0.2) is 0 Å². The van der Waals surface area contributed by atoms with E-state index in [1.54, 1.807) is 11.8 Å². The molecule has 88 valence electrons. The van der Waals surface area contributed by atoms with Crippen molar-refractivity contribution in [2.24, 2.45) is 0 Å². The lowest BCUT2D eigenvalue weighted by Gasteiger charge is -2.22. The molecule has 1 atom stereocenters. The fourth-order valence-electron chi connectivity index (χ4n) is 2.14. The van der Waals surface area contributed by atoms with E-state index in [4.69, 9.17) is 0 Å². The van der Waals surface area contributed by atoms with Crippen LogP contribution in [0.2, 0.25) is 0 Å². The third-order valence-electron chi connectivity index (χ3n) is 3.03. The van der Waals surface area contributed by atoms with E-state index < -0.39 is 0 Å². The Morgan fingerprint density at radius 3 is 2.44 bits per heavy atom. The van der Waals surface area contributed by atoms with Gasteiger partial charge >= 0.3 is 0 Å². The molecule has 0 aliphatic carbocycles. The molecule has 1 nitrogen and oxygen atoms in total. The van der Waals surface area contributed by atoms with E-state index in [2.05, 4.69) is 18.2 Å². The van der Waals surface area contributed by atoms with Crippen LogP contribution >= 0.6 is 11.8 Å². The van der Waals surface area contributed by atoms with E-state index in [1.807, 2.05) is 42.5 Å². The van der Waals surface area contributed by atoms with Crippen molar-refractivity contribution in [2.45, 2.75) is 10.1 Å². The predicted octanol–water partition coefficient (Wildman–Crippen LogP) is 4.12. The first-order valence-corrected chi connectivity index (χ1v) is 6.74. The summed E-state index contributed by atoms with van der Waals surface area (Å²) < 4.78 is 0. The van der Waals surface area contributed by atoms with Gasteiger partial charge in [0.1, 0.15) is 6.29 Å². The van der Waals surface area contributed by atoms with Crippen LogP contribution in [0, 0.1) is 0 Å². The first kappa shape index (κ1) is 11.3. The maximum atomic E-state index is 11.3. The average Bonchev–Trinajstić information content (AvgIpc) is 2.46. The van der Waals surface area contributed by atoms with Crippen LogP contribution in [0.1, 0.15) is 16.4 Å². The smallest absolute Gasteiger partial charge is 0.147 e. The highest BCUT2D eigenvalue weighted by Crippen LogP contribution is 2.45. The molecule has 3 rings (SSSR count). The lowest BCUT2D eigenvalue weighted by Crippen LogP contribution is -2.04. The third-order valence-corrected chi connectivity index (χ3v) is 4.43. The summed E-state index contributed by atoms with van der Waals surface area (Å²) in [5.74, 6) is 0.